The Labute approximate surface area is 104 Å². The van der Waals surface area contributed by atoms with Crippen LogP contribution < -0.4 is 10.6 Å². The smallest absolute Gasteiger partial charge is 0.371 e. The topological polar surface area (TPSA) is 91.6 Å². The van der Waals surface area contributed by atoms with E-state index in [0.717, 1.165) is 19.4 Å². The van der Waals surface area contributed by atoms with Gasteiger partial charge in [-0.3, -0.25) is 4.79 Å². The fourth-order valence-corrected chi connectivity index (χ4v) is 1.98. The molecule has 1 aromatic heterocycles. The first-order chi connectivity index (χ1) is 8.66. The summed E-state index contributed by atoms with van der Waals surface area (Å²) < 4.78 is 5.05. The molecule has 1 saturated heterocycles. The predicted molar refractivity (Wildman–Crippen MR) is 63.1 cm³/mol. The highest BCUT2D eigenvalue weighted by atomic mass is 16.4. The Morgan fingerprint density at radius 3 is 2.94 bits per heavy atom. The van der Waals surface area contributed by atoms with Crippen molar-refractivity contribution in [3.8, 4) is 0 Å². The van der Waals surface area contributed by atoms with Crippen LogP contribution in [0.25, 0.3) is 0 Å². The Kier molecular flexibility index (Phi) is 3.99. The van der Waals surface area contributed by atoms with E-state index >= 15 is 0 Å². The van der Waals surface area contributed by atoms with Gasteiger partial charge in [-0.25, -0.2) is 4.79 Å². The third kappa shape index (κ3) is 3.10. The second-order valence-corrected chi connectivity index (χ2v) is 4.33. The normalized spacial score (nSPS) is 19.4. The van der Waals surface area contributed by atoms with Crippen molar-refractivity contribution in [2.75, 3.05) is 13.1 Å². The maximum atomic E-state index is 11.8. The summed E-state index contributed by atoms with van der Waals surface area (Å²) in [7, 11) is 0. The summed E-state index contributed by atoms with van der Waals surface area (Å²) in [5.41, 5.74) is 0. The molecule has 1 aliphatic heterocycles. The third-order valence-corrected chi connectivity index (χ3v) is 2.98. The van der Waals surface area contributed by atoms with Gasteiger partial charge in [0.1, 0.15) is 5.76 Å². The number of hydrogen-bond acceptors (Lipinski definition) is 4. The standard InChI is InChI=1S/C12H16N2O4/c15-11(8-2-1-5-13-6-8)14-7-9-3-4-10(18-9)12(16)17/h3-4,8,13H,1-2,5-7H2,(H,14,15)(H,16,17). The summed E-state index contributed by atoms with van der Waals surface area (Å²) in [6.45, 7) is 1.89. The number of nitrogens with one attached hydrogen (secondary N) is 2. The summed E-state index contributed by atoms with van der Waals surface area (Å²) >= 11 is 0. The number of piperidine rings is 1. The van der Waals surface area contributed by atoms with Crippen LogP contribution in [0, 0.1) is 5.92 Å². The second-order valence-electron chi connectivity index (χ2n) is 4.33. The maximum Gasteiger partial charge on any atom is 0.371 e. The van der Waals surface area contributed by atoms with Crippen molar-refractivity contribution in [2.24, 2.45) is 5.92 Å². The number of hydrogen-bond donors (Lipinski definition) is 3. The van der Waals surface area contributed by atoms with E-state index in [9.17, 15) is 9.59 Å². The Bertz CT molecular complexity index is 435. The van der Waals surface area contributed by atoms with Gasteiger partial charge in [-0.15, -0.1) is 0 Å². The molecule has 3 N–H and O–H groups in total. The van der Waals surface area contributed by atoms with Gasteiger partial charge in [-0.2, -0.15) is 0 Å². The van der Waals surface area contributed by atoms with E-state index in [1.165, 1.54) is 6.07 Å². The molecule has 6 nitrogen and oxygen atoms in total. The average molecular weight is 252 g/mol. The van der Waals surface area contributed by atoms with Crippen molar-refractivity contribution in [1.82, 2.24) is 10.6 Å². The molecule has 1 aromatic rings. The van der Waals surface area contributed by atoms with Crippen LogP contribution in [0.2, 0.25) is 0 Å². The largest absolute Gasteiger partial charge is 0.475 e. The summed E-state index contributed by atoms with van der Waals surface area (Å²) in [5, 5.41) is 14.6. The first-order valence-electron chi connectivity index (χ1n) is 5.97. The van der Waals surface area contributed by atoms with Crippen LogP contribution in [-0.4, -0.2) is 30.1 Å². The van der Waals surface area contributed by atoms with Gasteiger partial charge < -0.3 is 20.2 Å². The lowest BCUT2D eigenvalue weighted by molar-refractivity contribution is -0.125. The summed E-state index contributed by atoms with van der Waals surface area (Å²) in [5.74, 6) is -0.796. The first kappa shape index (κ1) is 12.6. The van der Waals surface area contributed by atoms with Gasteiger partial charge in [0.15, 0.2) is 0 Å². The van der Waals surface area contributed by atoms with E-state index < -0.39 is 5.97 Å². The lowest BCUT2D eigenvalue weighted by atomic mass is 9.99. The van der Waals surface area contributed by atoms with Crippen LogP contribution in [0.3, 0.4) is 0 Å². The molecule has 1 amide bonds. The molecule has 98 valence electrons. The lowest BCUT2D eigenvalue weighted by Gasteiger charge is -2.21. The Morgan fingerprint density at radius 2 is 2.33 bits per heavy atom. The van der Waals surface area contributed by atoms with Crippen molar-refractivity contribution in [1.29, 1.82) is 0 Å². The van der Waals surface area contributed by atoms with Gasteiger partial charge >= 0.3 is 5.97 Å². The number of rotatable bonds is 4. The number of carboxylic acids is 1. The molecule has 0 saturated carbocycles. The van der Waals surface area contributed by atoms with Crippen molar-refractivity contribution >= 4 is 11.9 Å². The molecule has 0 radical (unpaired) electrons. The SMILES string of the molecule is O=C(O)c1ccc(CNC(=O)C2CCCNC2)o1. The molecular formula is C12H16N2O4. The highest BCUT2D eigenvalue weighted by molar-refractivity contribution is 5.84. The highest BCUT2D eigenvalue weighted by Gasteiger charge is 2.20. The van der Waals surface area contributed by atoms with Gasteiger partial charge in [0, 0.05) is 6.54 Å². The summed E-state index contributed by atoms with van der Waals surface area (Å²) in [6, 6.07) is 2.94. The van der Waals surface area contributed by atoms with Crippen molar-refractivity contribution in [2.45, 2.75) is 19.4 Å². The Morgan fingerprint density at radius 1 is 1.50 bits per heavy atom. The van der Waals surface area contributed by atoms with Crippen LogP contribution in [0.1, 0.15) is 29.2 Å². The molecular weight excluding hydrogens is 236 g/mol. The fourth-order valence-electron chi connectivity index (χ4n) is 1.98. The average Bonchev–Trinajstić information content (AvgIpc) is 2.86. The molecule has 2 rings (SSSR count). The van der Waals surface area contributed by atoms with Gasteiger partial charge in [0.05, 0.1) is 12.5 Å². The lowest BCUT2D eigenvalue weighted by Crippen LogP contribution is -2.40. The van der Waals surface area contributed by atoms with Gasteiger partial charge in [-0.05, 0) is 31.5 Å². The summed E-state index contributed by atoms with van der Waals surface area (Å²) in [6.07, 6.45) is 1.89. The molecule has 2 heterocycles. The zero-order valence-electron chi connectivity index (χ0n) is 9.94. The van der Waals surface area contributed by atoms with Crippen LogP contribution in [-0.2, 0) is 11.3 Å². The number of aromatic carboxylic acids is 1. The van der Waals surface area contributed by atoms with Crippen LogP contribution in [0.15, 0.2) is 16.5 Å². The van der Waals surface area contributed by atoms with Gasteiger partial charge in [-0.1, -0.05) is 0 Å². The van der Waals surface area contributed by atoms with Crippen molar-refractivity contribution in [3.63, 3.8) is 0 Å². The third-order valence-electron chi connectivity index (χ3n) is 2.98. The second kappa shape index (κ2) is 5.68. The molecule has 1 unspecified atom stereocenters. The molecule has 1 fully saturated rings. The van der Waals surface area contributed by atoms with E-state index in [2.05, 4.69) is 10.6 Å². The number of carbonyl (C=O) groups excluding carboxylic acids is 1. The van der Waals surface area contributed by atoms with Crippen LogP contribution in [0.4, 0.5) is 0 Å². The molecule has 0 spiro atoms. The Balaban J connectivity index is 1.82. The van der Waals surface area contributed by atoms with E-state index in [-0.39, 0.29) is 24.1 Å². The van der Waals surface area contributed by atoms with Gasteiger partial charge in [0.25, 0.3) is 0 Å². The van der Waals surface area contributed by atoms with E-state index in [4.69, 9.17) is 9.52 Å². The van der Waals surface area contributed by atoms with Crippen molar-refractivity contribution in [3.05, 3.63) is 23.7 Å². The minimum Gasteiger partial charge on any atom is -0.475 e. The predicted octanol–water partition coefficient (Wildman–Crippen LogP) is 0.594. The first-order valence-corrected chi connectivity index (χ1v) is 5.97. The van der Waals surface area contributed by atoms with E-state index in [1.807, 2.05) is 0 Å². The molecule has 18 heavy (non-hydrogen) atoms. The number of carbonyl (C=O) groups is 2. The van der Waals surface area contributed by atoms with Crippen molar-refractivity contribution < 1.29 is 19.1 Å². The highest BCUT2D eigenvalue weighted by Crippen LogP contribution is 2.11. The van der Waals surface area contributed by atoms with E-state index in [0.29, 0.717) is 12.3 Å². The van der Waals surface area contributed by atoms with Crippen LogP contribution >= 0.6 is 0 Å². The number of furan rings is 1. The summed E-state index contributed by atoms with van der Waals surface area (Å²) in [4.78, 5) is 22.4. The molecule has 0 bridgehead atoms. The Hall–Kier alpha value is -1.82. The van der Waals surface area contributed by atoms with E-state index in [1.54, 1.807) is 6.07 Å². The minimum atomic E-state index is -1.11. The maximum absolute atomic E-state index is 11.8. The molecule has 1 atom stereocenters. The molecule has 1 aliphatic rings. The number of amides is 1. The van der Waals surface area contributed by atoms with Gasteiger partial charge in [0.2, 0.25) is 11.7 Å². The quantitative estimate of drug-likeness (QED) is 0.729. The molecule has 6 heteroatoms. The monoisotopic (exact) mass is 252 g/mol. The zero-order valence-corrected chi connectivity index (χ0v) is 9.94. The number of carboxylic acid groups (broad SMARTS) is 1. The molecule has 0 aliphatic carbocycles. The van der Waals surface area contributed by atoms with Crippen LogP contribution in [0.5, 0.6) is 0 Å². The minimum absolute atomic E-state index is 0.00680. The zero-order chi connectivity index (χ0) is 13.0. The molecule has 0 aromatic carbocycles. The fraction of sp³-hybridized carbons (Fsp3) is 0.500.